The van der Waals surface area contributed by atoms with Crippen LogP contribution in [0, 0.1) is 6.92 Å². The molecule has 1 aliphatic carbocycles. The molecule has 0 amide bonds. The Morgan fingerprint density at radius 2 is 1.68 bits per heavy atom. The first-order valence-corrected chi connectivity index (χ1v) is 12.2. The van der Waals surface area contributed by atoms with Crippen molar-refractivity contribution in [1.82, 2.24) is 29.5 Å². The molecule has 4 aromatic rings. The van der Waals surface area contributed by atoms with Gasteiger partial charge in [-0.1, -0.05) is 32.1 Å². The minimum absolute atomic E-state index is 0.384. The van der Waals surface area contributed by atoms with E-state index < -0.39 is 0 Å². The lowest BCUT2D eigenvalue weighted by atomic mass is 9.93. The molecule has 4 aromatic heterocycles. The van der Waals surface area contributed by atoms with Crippen molar-refractivity contribution < 1.29 is 0 Å². The Labute approximate surface area is 201 Å². The minimum Gasteiger partial charge on any atom is -0.237 e. The Kier molecular flexibility index (Phi) is 6.14. The molecular formula is C28H32N6. The standard InChI is InChI=1S/C28H32N6/c1-5-10-24-20(4)27(32-33(24)25-11-6-8-15-29-25)21-13-14-22(17-21)28-23(19(2)3)18-31-34(28)26-12-7-9-16-30-26/h6-9,11-12,15-16,18,21-22H,2,5,10,13-14,17H2,1,3-4H3. The summed E-state index contributed by atoms with van der Waals surface area (Å²) in [6, 6.07) is 12.0. The summed E-state index contributed by atoms with van der Waals surface area (Å²) in [5.74, 6) is 2.55. The maximum atomic E-state index is 5.14. The van der Waals surface area contributed by atoms with Crippen molar-refractivity contribution in [2.24, 2.45) is 0 Å². The van der Waals surface area contributed by atoms with Gasteiger partial charge >= 0.3 is 0 Å². The minimum atomic E-state index is 0.384. The van der Waals surface area contributed by atoms with Crippen LogP contribution in [0.1, 0.15) is 79.6 Å². The van der Waals surface area contributed by atoms with Gasteiger partial charge in [-0.3, -0.25) is 0 Å². The zero-order valence-corrected chi connectivity index (χ0v) is 20.3. The van der Waals surface area contributed by atoms with Gasteiger partial charge in [0.1, 0.15) is 0 Å². The molecular weight excluding hydrogens is 420 g/mol. The summed E-state index contributed by atoms with van der Waals surface area (Å²) < 4.78 is 4.08. The maximum absolute atomic E-state index is 5.14. The molecule has 1 aliphatic rings. The third-order valence-corrected chi connectivity index (χ3v) is 6.97. The number of allylic oxidation sites excluding steroid dienone is 1. The molecule has 1 fully saturated rings. The summed E-state index contributed by atoms with van der Waals surface area (Å²) >= 11 is 0. The molecule has 0 aromatic carbocycles. The fourth-order valence-electron chi connectivity index (χ4n) is 5.36. The van der Waals surface area contributed by atoms with Crippen molar-refractivity contribution in [1.29, 1.82) is 0 Å². The van der Waals surface area contributed by atoms with Crippen LogP contribution < -0.4 is 0 Å². The molecule has 0 spiro atoms. The average Bonchev–Trinajstić information content (AvgIpc) is 3.58. The van der Waals surface area contributed by atoms with Gasteiger partial charge in [0.05, 0.1) is 17.6 Å². The third-order valence-electron chi connectivity index (χ3n) is 6.97. The van der Waals surface area contributed by atoms with E-state index in [4.69, 9.17) is 10.2 Å². The van der Waals surface area contributed by atoms with Gasteiger partial charge in [-0.15, -0.1) is 0 Å². The monoisotopic (exact) mass is 452 g/mol. The summed E-state index contributed by atoms with van der Waals surface area (Å²) in [6.07, 6.45) is 10.9. The molecule has 34 heavy (non-hydrogen) atoms. The Hall–Kier alpha value is -3.54. The number of aromatic nitrogens is 6. The number of nitrogens with zero attached hydrogens (tertiary/aromatic N) is 6. The van der Waals surface area contributed by atoms with E-state index in [2.05, 4.69) is 42.0 Å². The normalized spacial score (nSPS) is 17.9. The molecule has 0 bridgehead atoms. The lowest BCUT2D eigenvalue weighted by Gasteiger charge is -2.16. The highest BCUT2D eigenvalue weighted by molar-refractivity contribution is 5.64. The van der Waals surface area contributed by atoms with Gasteiger partial charge in [0.25, 0.3) is 0 Å². The topological polar surface area (TPSA) is 61.4 Å². The summed E-state index contributed by atoms with van der Waals surface area (Å²) in [4.78, 5) is 9.14. The van der Waals surface area contributed by atoms with Gasteiger partial charge in [0.2, 0.25) is 0 Å². The Morgan fingerprint density at radius 1 is 1.00 bits per heavy atom. The quantitative estimate of drug-likeness (QED) is 0.335. The molecule has 0 aliphatic heterocycles. The molecule has 0 radical (unpaired) electrons. The molecule has 0 saturated heterocycles. The second-order valence-corrected chi connectivity index (χ2v) is 9.34. The fourth-order valence-corrected chi connectivity index (χ4v) is 5.36. The van der Waals surface area contributed by atoms with Gasteiger partial charge in [-0.05, 0) is 74.9 Å². The predicted octanol–water partition coefficient (Wildman–Crippen LogP) is 6.19. The molecule has 0 N–H and O–H groups in total. The van der Waals surface area contributed by atoms with Gasteiger partial charge in [0.15, 0.2) is 11.6 Å². The predicted molar refractivity (Wildman–Crippen MR) is 135 cm³/mol. The number of rotatable bonds is 7. The van der Waals surface area contributed by atoms with Crippen LogP contribution in [0.4, 0.5) is 0 Å². The number of hydrogen-bond acceptors (Lipinski definition) is 4. The van der Waals surface area contributed by atoms with Crippen LogP contribution in [0.25, 0.3) is 17.2 Å². The van der Waals surface area contributed by atoms with E-state index in [-0.39, 0.29) is 0 Å². The smallest absolute Gasteiger partial charge is 0.153 e. The van der Waals surface area contributed by atoms with Crippen molar-refractivity contribution in [3.63, 3.8) is 0 Å². The highest BCUT2D eigenvalue weighted by atomic mass is 15.3. The molecule has 2 unspecified atom stereocenters. The van der Waals surface area contributed by atoms with Crippen molar-refractivity contribution in [2.75, 3.05) is 0 Å². The maximum Gasteiger partial charge on any atom is 0.153 e. The zero-order chi connectivity index (χ0) is 23.7. The van der Waals surface area contributed by atoms with Crippen LogP contribution in [-0.4, -0.2) is 29.5 Å². The Balaban J connectivity index is 1.50. The van der Waals surface area contributed by atoms with E-state index in [1.807, 2.05) is 59.7 Å². The fraction of sp³-hybridized carbons (Fsp3) is 0.357. The second-order valence-electron chi connectivity index (χ2n) is 9.34. The van der Waals surface area contributed by atoms with Crippen LogP contribution in [0.3, 0.4) is 0 Å². The van der Waals surface area contributed by atoms with E-state index in [1.54, 1.807) is 0 Å². The van der Waals surface area contributed by atoms with Crippen LogP contribution in [0.2, 0.25) is 0 Å². The molecule has 1 saturated carbocycles. The Bertz CT molecular complexity index is 1290. The summed E-state index contributed by atoms with van der Waals surface area (Å²) in [7, 11) is 0. The van der Waals surface area contributed by atoms with Gasteiger partial charge in [-0.25, -0.2) is 19.3 Å². The SMILES string of the molecule is C=C(C)c1cnn(-c2ccccn2)c1C1CCC(c2nn(-c3ccccn3)c(CCC)c2C)C1. The molecule has 174 valence electrons. The van der Waals surface area contributed by atoms with Gasteiger partial charge in [-0.2, -0.15) is 10.2 Å². The largest absolute Gasteiger partial charge is 0.237 e. The van der Waals surface area contributed by atoms with Crippen LogP contribution in [-0.2, 0) is 6.42 Å². The van der Waals surface area contributed by atoms with Crippen molar-refractivity contribution >= 4 is 5.57 Å². The van der Waals surface area contributed by atoms with Crippen LogP contribution in [0.15, 0.2) is 61.6 Å². The van der Waals surface area contributed by atoms with E-state index in [0.29, 0.717) is 11.8 Å². The third kappa shape index (κ3) is 3.98. The van der Waals surface area contributed by atoms with Crippen LogP contribution >= 0.6 is 0 Å². The van der Waals surface area contributed by atoms with Crippen molar-refractivity contribution in [3.8, 4) is 11.6 Å². The first-order valence-electron chi connectivity index (χ1n) is 12.2. The molecule has 6 heteroatoms. The van der Waals surface area contributed by atoms with Crippen molar-refractivity contribution in [2.45, 2.75) is 64.7 Å². The summed E-state index contributed by atoms with van der Waals surface area (Å²) in [5.41, 5.74) is 7.22. The summed E-state index contributed by atoms with van der Waals surface area (Å²) in [5, 5.41) is 9.85. The Morgan fingerprint density at radius 3 is 2.29 bits per heavy atom. The van der Waals surface area contributed by atoms with Crippen LogP contribution in [0.5, 0.6) is 0 Å². The highest BCUT2D eigenvalue weighted by Gasteiger charge is 2.34. The van der Waals surface area contributed by atoms with E-state index in [0.717, 1.165) is 54.9 Å². The average molecular weight is 453 g/mol. The number of hydrogen-bond donors (Lipinski definition) is 0. The summed E-state index contributed by atoms with van der Waals surface area (Å²) in [6.45, 7) is 10.7. The van der Waals surface area contributed by atoms with Gasteiger partial charge < -0.3 is 0 Å². The molecule has 4 heterocycles. The van der Waals surface area contributed by atoms with Gasteiger partial charge in [0, 0.05) is 35.5 Å². The lowest BCUT2D eigenvalue weighted by molar-refractivity contribution is 0.621. The highest BCUT2D eigenvalue weighted by Crippen LogP contribution is 2.46. The first kappa shape index (κ1) is 22.3. The van der Waals surface area contributed by atoms with E-state index >= 15 is 0 Å². The van der Waals surface area contributed by atoms with E-state index in [1.165, 1.54) is 22.6 Å². The molecule has 2 atom stereocenters. The molecule has 5 rings (SSSR count). The first-order chi connectivity index (χ1) is 16.6. The second kappa shape index (κ2) is 9.37. The number of pyridine rings is 2. The zero-order valence-electron chi connectivity index (χ0n) is 20.3. The van der Waals surface area contributed by atoms with E-state index in [9.17, 15) is 0 Å². The van der Waals surface area contributed by atoms with Crippen molar-refractivity contribution in [3.05, 3.63) is 89.8 Å². The molecule has 6 nitrogen and oxygen atoms in total. The lowest BCUT2D eigenvalue weighted by Crippen LogP contribution is -2.09.